The molecule has 0 aliphatic rings. The van der Waals surface area contributed by atoms with Crippen LogP contribution >= 0.6 is 0 Å². The molecule has 0 N–H and O–H groups in total. The Labute approximate surface area is 226 Å². The van der Waals surface area contributed by atoms with Crippen LogP contribution in [0, 0.1) is 0 Å². The molecular formula is C30H22MnN6. The van der Waals surface area contributed by atoms with Crippen molar-refractivity contribution in [2.45, 2.75) is 0 Å². The topological polar surface area (TPSA) is 77.3 Å². The van der Waals surface area contributed by atoms with Gasteiger partial charge in [0, 0.05) is 65.4 Å². The molecule has 6 aromatic rings. The van der Waals surface area contributed by atoms with Gasteiger partial charge in [-0.15, -0.1) is 0 Å². The maximum atomic E-state index is 4.42. The molecule has 0 saturated carbocycles. The number of rotatable bonds is 4. The van der Waals surface area contributed by atoms with Crippen molar-refractivity contribution >= 4 is 0 Å². The zero-order valence-electron chi connectivity index (χ0n) is 19.8. The molecule has 0 fully saturated rings. The van der Waals surface area contributed by atoms with E-state index in [9.17, 15) is 0 Å². The van der Waals surface area contributed by atoms with Gasteiger partial charge in [-0.3, -0.25) is 29.9 Å². The summed E-state index contributed by atoms with van der Waals surface area (Å²) in [5.74, 6) is 0. The van der Waals surface area contributed by atoms with Crippen molar-refractivity contribution in [2.24, 2.45) is 0 Å². The molecule has 6 heterocycles. The second-order valence-electron chi connectivity index (χ2n) is 7.66. The van der Waals surface area contributed by atoms with Gasteiger partial charge in [0.05, 0.1) is 34.2 Å². The first-order valence-electron chi connectivity index (χ1n) is 11.5. The van der Waals surface area contributed by atoms with E-state index in [0.717, 1.165) is 45.3 Å². The first-order chi connectivity index (χ1) is 17.9. The van der Waals surface area contributed by atoms with E-state index in [1.54, 1.807) is 37.2 Å². The van der Waals surface area contributed by atoms with Gasteiger partial charge in [-0.1, -0.05) is 24.3 Å². The molecule has 179 valence electrons. The maximum Gasteiger partial charge on any atom is 0.0980 e. The number of nitrogens with zero attached hydrogens (tertiary/aromatic N) is 6. The van der Waals surface area contributed by atoms with Crippen molar-refractivity contribution in [3.63, 3.8) is 0 Å². The van der Waals surface area contributed by atoms with Gasteiger partial charge >= 0.3 is 0 Å². The van der Waals surface area contributed by atoms with Gasteiger partial charge in [0.1, 0.15) is 0 Å². The van der Waals surface area contributed by atoms with Crippen LogP contribution in [0.25, 0.3) is 45.3 Å². The normalized spacial score (nSPS) is 9.95. The third-order valence-electron chi connectivity index (χ3n) is 5.31. The van der Waals surface area contributed by atoms with Crippen LogP contribution in [0.3, 0.4) is 0 Å². The van der Waals surface area contributed by atoms with Crippen molar-refractivity contribution in [1.29, 1.82) is 0 Å². The largest absolute Gasteiger partial charge is 0.256 e. The molecule has 7 heteroatoms. The summed E-state index contributed by atoms with van der Waals surface area (Å²) in [6, 6.07) is 31.2. The van der Waals surface area contributed by atoms with E-state index in [1.807, 2.05) is 97.1 Å². The van der Waals surface area contributed by atoms with Crippen molar-refractivity contribution in [2.75, 3.05) is 0 Å². The van der Waals surface area contributed by atoms with E-state index in [0.29, 0.717) is 0 Å². The standard InChI is InChI=1S/2C15H11N3.Mn/c2*1-3-9-16-13(7-1)12-6-5-11-18-15(12)14-8-2-4-10-17-14;/h2*1-11H;. The molecule has 0 aliphatic heterocycles. The van der Waals surface area contributed by atoms with Crippen molar-refractivity contribution in [3.8, 4) is 45.3 Å². The Morgan fingerprint density at radius 1 is 0.297 bits per heavy atom. The second kappa shape index (κ2) is 12.9. The fourth-order valence-electron chi connectivity index (χ4n) is 3.68. The summed E-state index contributed by atoms with van der Waals surface area (Å²) in [5.41, 5.74) is 7.25. The second-order valence-corrected chi connectivity index (χ2v) is 7.66. The predicted octanol–water partition coefficient (Wildman–Crippen LogP) is 6.41. The molecule has 0 spiro atoms. The number of hydrogen-bond donors (Lipinski definition) is 0. The van der Waals surface area contributed by atoms with Gasteiger partial charge in [0.25, 0.3) is 0 Å². The third-order valence-corrected chi connectivity index (χ3v) is 5.31. The Bertz CT molecular complexity index is 1280. The molecular weight excluding hydrogens is 499 g/mol. The Hall–Kier alpha value is -4.58. The van der Waals surface area contributed by atoms with Crippen molar-refractivity contribution in [1.82, 2.24) is 29.9 Å². The quantitative estimate of drug-likeness (QED) is 0.250. The molecule has 0 aromatic carbocycles. The summed E-state index contributed by atoms with van der Waals surface area (Å²) in [7, 11) is 0. The van der Waals surface area contributed by atoms with Crippen LogP contribution in [-0.2, 0) is 17.1 Å². The predicted molar refractivity (Wildman–Crippen MR) is 141 cm³/mol. The first-order valence-corrected chi connectivity index (χ1v) is 11.5. The van der Waals surface area contributed by atoms with Gasteiger partial charge < -0.3 is 0 Å². The molecule has 37 heavy (non-hydrogen) atoms. The maximum absolute atomic E-state index is 4.42. The van der Waals surface area contributed by atoms with Gasteiger partial charge in [0.15, 0.2) is 0 Å². The summed E-state index contributed by atoms with van der Waals surface area (Å²) in [6.45, 7) is 0. The third kappa shape index (κ3) is 6.35. The van der Waals surface area contributed by atoms with Crippen molar-refractivity contribution < 1.29 is 17.1 Å². The zero-order valence-corrected chi connectivity index (χ0v) is 20.9. The molecule has 6 nitrogen and oxygen atoms in total. The zero-order chi connectivity index (χ0) is 24.4. The monoisotopic (exact) mass is 521 g/mol. The minimum atomic E-state index is 0. The molecule has 0 aliphatic carbocycles. The average molecular weight is 521 g/mol. The Morgan fingerprint density at radius 3 is 0.946 bits per heavy atom. The molecule has 0 saturated heterocycles. The summed E-state index contributed by atoms with van der Waals surface area (Å²) in [4.78, 5) is 26.3. The molecule has 6 rings (SSSR count). The Morgan fingerprint density at radius 2 is 0.622 bits per heavy atom. The summed E-state index contributed by atoms with van der Waals surface area (Å²) < 4.78 is 0. The van der Waals surface area contributed by atoms with E-state index >= 15 is 0 Å². The molecule has 1 radical (unpaired) electrons. The molecule has 0 bridgehead atoms. The summed E-state index contributed by atoms with van der Waals surface area (Å²) in [6.07, 6.45) is 10.7. The van der Waals surface area contributed by atoms with Crippen LogP contribution in [-0.4, -0.2) is 29.9 Å². The van der Waals surface area contributed by atoms with Crippen LogP contribution in [0.2, 0.25) is 0 Å². The van der Waals surface area contributed by atoms with Gasteiger partial charge in [-0.25, -0.2) is 0 Å². The van der Waals surface area contributed by atoms with E-state index < -0.39 is 0 Å². The molecule has 6 aromatic heterocycles. The van der Waals surface area contributed by atoms with Crippen LogP contribution in [0.4, 0.5) is 0 Å². The average Bonchev–Trinajstić information content (AvgIpc) is 2.99. The van der Waals surface area contributed by atoms with E-state index in [1.165, 1.54) is 0 Å². The van der Waals surface area contributed by atoms with Gasteiger partial charge in [-0.05, 0) is 72.8 Å². The van der Waals surface area contributed by atoms with Crippen LogP contribution < -0.4 is 0 Å². The SMILES string of the molecule is [Mn].c1ccc(-c2cccnc2-c2ccccn2)nc1.c1ccc(-c2cccnc2-c2ccccn2)nc1. The minimum Gasteiger partial charge on any atom is -0.256 e. The number of hydrogen-bond acceptors (Lipinski definition) is 6. The summed E-state index contributed by atoms with van der Waals surface area (Å²) in [5, 5.41) is 0. The van der Waals surface area contributed by atoms with Crippen LogP contribution in [0.1, 0.15) is 0 Å². The molecule has 0 amide bonds. The minimum absolute atomic E-state index is 0. The molecule has 0 unspecified atom stereocenters. The van der Waals surface area contributed by atoms with Crippen LogP contribution in [0.15, 0.2) is 134 Å². The first kappa shape index (κ1) is 25.5. The van der Waals surface area contributed by atoms with Gasteiger partial charge in [0.2, 0.25) is 0 Å². The van der Waals surface area contributed by atoms with Crippen molar-refractivity contribution in [3.05, 3.63) is 134 Å². The fraction of sp³-hybridized carbons (Fsp3) is 0. The summed E-state index contributed by atoms with van der Waals surface area (Å²) >= 11 is 0. The number of pyridine rings is 6. The van der Waals surface area contributed by atoms with E-state index in [2.05, 4.69) is 29.9 Å². The number of aromatic nitrogens is 6. The Kier molecular flexibility index (Phi) is 8.91. The Balaban J connectivity index is 0.000000168. The van der Waals surface area contributed by atoms with E-state index in [4.69, 9.17) is 0 Å². The molecule has 0 atom stereocenters. The van der Waals surface area contributed by atoms with Crippen LogP contribution in [0.5, 0.6) is 0 Å². The van der Waals surface area contributed by atoms with E-state index in [-0.39, 0.29) is 17.1 Å². The fourth-order valence-corrected chi connectivity index (χ4v) is 3.68. The smallest absolute Gasteiger partial charge is 0.0980 e. The van der Waals surface area contributed by atoms with Gasteiger partial charge in [-0.2, -0.15) is 0 Å².